The van der Waals surface area contributed by atoms with E-state index in [0.29, 0.717) is 23.5 Å². The van der Waals surface area contributed by atoms with Crippen molar-refractivity contribution in [2.75, 3.05) is 6.61 Å². The van der Waals surface area contributed by atoms with Crippen molar-refractivity contribution in [3.05, 3.63) is 75.6 Å². The number of benzene rings is 2. The van der Waals surface area contributed by atoms with Crippen LogP contribution in [0.5, 0.6) is 5.75 Å². The highest BCUT2D eigenvalue weighted by molar-refractivity contribution is 5.81. The molecule has 2 aromatic carbocycles. The highest BCUT2D eigenvalue weighted by Gasteiger charge is 2.04. The van der Waals surface area contributed by atoms with Gasteiger partial charge in [-0.25, -0.2) is 4.79 Å². The SMILES string of the molecule is CCOc1ccc2cc(/C=C/c3ccc(C)cc3)c(=O)oc2c1. The third-order valence-corrected chi connectivity index (χ3v) is 3.58. The molecule has 0 aliphatic rings. The van der Waals surface area contributed by atoms with Crippen LogP contribution in [0.3, 0.4) is 0 Å². The third kappa shape index (κ3) is 3.51. The van der Waals surface area contributed by atoms with Crippen LogP contribution in [-0.2, 0) is 0 Å². The molecule has 0 aliphatic carbocycles. The van der Waals surface area contributed by atoms with Gasteiger partial charge in [-0.2, -0.15) is 0 Å². The molecule has 116 valence electrons. The van der Waals surface area contributed by atoms with Crippen LogP contribution < -0.4 is 10.4 Å². The third-order valence-electron chi connectivity index (χ3n) is 3.58. The summed E-state index contributed by atoms with van der Waals surface area (Å²) in [6, 6.07) is 15.5. The standard InChI is InChI=1S/C20H18O3/c1-3-22-18-11-10-16-12-17(20(21)23-19(16)13-18)9-8-15-6-4-14(2)5-7-15/h4-13H,3H2,1-2H3/b9-8+. The topological polar surface area (TPSA) is 39.4 Å². The van der Waals surface area contributed by atoms with E-state index >= 15 is 0 Å². The molecule has 1 aromatic heterocycles. The van der Waals surface area contributed by atoms with E-state index in [0.717, 1.165) is 10.9 Å². The Morgan fingerprint density at radius 1 is 1.04 bits per heavy atom. The lowest BCUT2D eigenvalue weighted by molar-refractivity contribution is 0.340. The van der Waals surface area contributed by atoms with Crippen molar-refractivity contribution >= 4 is 23.1 Å². The first-order valence-corrected chi connectivity index (χ1v) is 7.61. The van der Waals surface area contributed by atoms with E-state index in [9.17, 15) is 4.79 Å². The number of hydrogen-bond donors (Lipinski definition) is 0. The molecule has 3 aromatic rings. The van der Waals surface area contributed by atoms with Crippen molar-refractivity contribution in [2.45, 2.75) is 13.8 Å². The summed E-state index contributed by atoms with van der Waals surface area (Å²) in [6.45, 7) is 4.54. The molecule has 0 aliphatic heterocycles. The second-order valence-electron chi connectivity index (χ2n) is 5.37. The van der Waals surface area contributed by atoms with E-state index < -0.39 is 0 Å². The first kappa shape index (κ1) is 15.1. The lowest BCUT2D eigenvalue weighted by atomic mass is 10.1. The molecule has 0 saturated heterocycles. The molecule has 1 heterocycles. The summed E-state index contributed by atoms with van der Waals surface area (Å²) in [5, 5.41) is 0.872. The fourth-order valence-electron chi connectivity index (χ4n) is 2.34. The van der Waals surface area contributed by atoms with Crippen molar-refractivity contribution in [3.63, 3.8) is 0 Å². The smallest absolute Gasteiger partial charge is 0.343 e. The van der Waals surface area contributed by atoms with E-state index in [1.807, 2.05) is 62.4 Å². The molecule has 0 unspecified atom stereocenters. The Bertz CT molecular complexity index is 902. The molecule has 3 rings (SSSR count). The maximum atomic E-state index is 12.1. The lowest BCUT2D eigenvalue weighted by Crippen LogP contribution is -2.02. The first-order valence-electron chi connectivity index (χ1n) is 7.61. The Kier molecular flexibility index (Phi) is 4.29. The van der Waals surface area contributed by atoms with Crippen LogP contribution >= 0.6 is 0 Å². The predicted molar refractivity (Wildman–Crippen MR) is 93.8 cm³/mol. The van der Waals surface area contributed by atoms with Crippen molar-refractivity contribution in [1.29, 1.82) is 0 Å². The average molecular weight is 306 g/mol. The first-order chi connectivity index (χ1) is 11.2. The van der Waals surface area contributed by atoms with Crippen molar-refractivity contribution in [1.82, 2.24) is 0 Å². The van der Waals surface area contributed by atoms with Gasteiger partial charge in [0.05, 0.1) is 12.2 Å². The Morgan fingerprint density at radius 3 is 2.57 bits per heavy atom. The van der Waals surface area contributed by atoms with Gasteiger partial charge < -0.3 is 9.15 Å². The Morgan fingerprint density at radius 2 is 1.83 bits per heavy atom. The molecular weight excluding hydrogens is 288 g/mol. The van der Waals surface area contributed by atoms with Crippen LogP contribution in [0, 0.1) is 6.92 Å². The highest BCUT2D eigenvalue weighted by Crippen LogP contribution is 2.21. The number of rotatable bonds is 4. The molecule has 0 saturated carbocycles. The van der Waals surface area contributed by atoms with Crippen LogP contribution in [0.4, 0.5) is 0 Å². The molecule has 23 heavy (non-hydrogen) atoms. The van der Waals surface area contributed by atoms with Gasteiger partial charge >= 0.3 is 5.63 Å². The molecule has 0 fully saturated rings. The fourth-order valence-corrected chi connectivity index (χ4v) is 2.34. The Balaban J connectivity index is 1.95. The summed E-state index contributed by atoms with van der Waals surface area (Å²) >= 11 is 0. The van der Waals surface area contributed by atoms with Crippen molar-refractivity contribution in [3.8, 4) is 5.75 Å². The highest BCUT2D eigenvalue weighted by atomic mass is 16.5. The molecule has 0 bridgehead atoms. The number of ether oxygens (including phenoxy) is 1. The molecule has 0 amide bonds. The normalized spacial score (nSPS) is 11.2. The zero-order valence-corrected chi connectivity index (χ0v) is 13.2. The van der Waals surface area contributed by atoms with Gasteiger partial charge in [0.25, 0.3) is 0 Å². The zero-order chi connectivity index (χ0) is 16.2. The Labute approximate surface area is 134 Å². The summed E-state index contributed by atoms with van der Waals surface area (Å²) in [4.78, 5) is 12.1. The van der Waals surface area contributed by atoms with E-state index in [2.05, 4.69) is 0 Å². The van der Waals surface area contributed by atoms with Crippen molar-refractivity contribution in [2.24, 2.45) is 0 Å². The summed E-state index contributed by atoms with van der Waals surface area (Å²) in [5.41, 5.74) is 2.96. The van der Waals surface area contributed by atoms with Gasteiger partial charge in [-0.05, 0) is 43.7 Å². The molecular formula is C20H18O3. The number of hydrogen-bond acceptors (Lipinski definition) is 3. The summed E-state index contributed by atoms with van der Waals surface area (Å²) in [7, 11) is 0. The second-order valence-corrected chi connectivity index (χ2v) is 5.37. The largest absolute Gasteiger partial charge is 0.494 e. The lowest BCUT2D eigenvalue weighted by Gasteiger charge is -2.04. The Hall–Kier alpha value is -2.81. The van der Waals surface area contributed by atoms with Crippen LogP contribution in [0.15, 0.2) is 57.7 Å². The van der Waals surface area contributed by atoms with Crippen LogP contribution in [0.2, 0.25) is 0 Å². The van der Waals surface area contributed by atoms with Gasteiger partial charge in [-0.1, -0.05) is 35.9 Å². The monoisotopic (exact) mass is 306 g/mol. The molecule has 3 nitrogen and oxygen atoms in total. The van der Waals surface area contributed by atoms with E-state index in [4.69, 9.17) is 9.15 Å². The molecule has 3 heteroatoms. The van der Waals surface area contributed by atoms with Crippen LogP contribution in [0.1, 0.15) is 23.6 Å². The number of fused-ring (bicyclic) bond motifs is 1. The van der Waals surface area contributed by atoms with E-state index in [-0.39, 0.29) is 5.63 Å². The van der Waals surface area contributed by atoms with Gasteiger partial charge in [-0.3, -0.25) is 0 Å². The van der Waals surface area contributed by atoms with Crippen molar-refractivity contribution < 1.29 is 9.15 Å². The fraction of sp³-hybridized carbons (Fsp3) is 0.150. The van der Waals surface area contributed by atoms with Gasteiger partial charge in [0.1, 0.15) is 11.3 Å². The van der Waals surface area contributed by atoms with Gasteiger partial charge in [0.15, 0.2) is 0 Å². The average Bonchev–Trinajstić information content (AvgIpc) is 2.55. The second kappa shape index (κ2) is 6.53. The molecule has 0 radical (unpaired) electrons. The summed E-state index contributed by atoms with van der Waals surface area (Å²) < 4.78 is 10.8. The minimum atomic E-state index is -0.352. The molecule has 0 spiro atoms. The zero-order valence-electron chi connectivity index (χ0n) is 13.2. The van der Waals surface area contributed by atoms with E-state index in [1.165, 1.54) is 5.56 Å². The summed E-state index contributed by atoms with van der Waals surface area (Å²) in [6.07, 6.45) is 3.69. The van der Waals surface area contributed by atoms with Crippen LogP contribution in [0.25, 0.3) is 23.1 Å². The van der Waals surface area contributed by atoms with E-state index in [1.54, 1.807) is 12.1 Å². The van der Waals surface area contributed by atoms with Gasteiger partial charge in [0, 0.05) is 11.5 Å². The summed E-state index contributed by atoms with van der Waals surface area (Å²) in [5.74, 6) is 0.700. The maximum absolute atomic E-state index is 12.1. The van der Waals surface area contributed by atoms with Gasteiger partial charge in [-0.15, -0.1) is 0 Å². The molecule has 0 N–H and O–H groups in total. The minimum Gasteiger partial charge on any atom is -0.494 e. The van der Waals surface area contributed by atoms with Gasteiger partial charge in [0.2, 0.25) is 0 Å². The predicted octanol–water partition coefficient (Wildman–Crippen LogP) is 4.67. The quantitative estimate of drug-likeness (QED) is 0.657. The molecule has 0 atom stereocenters. The van der Waals surface area contributed by atoms with Crippen LogP contribution in [-0.4, -0.2) is 6.61 Å². The minimum absolute atomic E-state index is 0.352. The maximum Gasteiger partial charge on any atom is 0.343 e. The number of aryl methyl sites for hydroxylation is 1.